The summed E-state index contributed by atoms with van der Waals surface area (Å²) in [6.45, 7) is 8.49. The first-order chi connectivity index (χ1) is 6.20. The molecule has 0 aliphatic carbocycles. The number of aliphatic hydroxyl groups is 1. The van der Waals surface area contributed by atoms with Gasteiger partial charge in [-0.25, -0.2) is 0 Å². The van der Waals surface area contributed by atoms with Crippen LogP contribution in [0.15, 0.2) is 0 Å². The highest BCUT2D eigenvalue weighted by atomic mass is 16.5. The van der Waals surface area contributed by atoms with Crippen molar-refractivity contribution in [1.82, 2.24) is 4.90 Å². The lowest BCUT2D eigenvalue weighted by atomic mass is 10.2. The van der Waals surface area contributed by atoms with Gasteiger partial charge in [0.1, 0.15) is 0 Å². The quantitative estimate of drug-likeness (QED) is 0.617. The molecule has 0 heterocycles. The molecule has 1 N–H and O–H groups in total. The predicted molar refractivity (Wildman–Crippen MR) is 54.9 cm³/mol. The number of hydrogen-bond acceptors (Lipinski definition) is 3. The zero-order chi connectivity index (χ0) is 10.1. The van der Waals surface area contributed by atoms with E-state index in [-0.39, 0.29) is 6.61 Å². The van der Waals surface area contributed by atoms with Crippen LogP contribution in [-0.2, 0) is 4.74 Å². The molecule has 80 valence electrons. The van der Waals surface area contributed by atoms with E-state index in [2.05, 4.69) is 18.7 Å². The molecule has 0 aromatic rings. The molecule has 0 radical (unpaired) electrons. The van der Waals surface area contributed by atoms with Gasteiger partial charge in [-0.1, -0.05) is 13.8 Å². The first-order valence-electron chi connectivity index (χ1n) is 5.02. The van der Waals surface area contributed by atoms with Gasteiger partial charge in [-0.2, -0.15) is 0 Å². The van der Waals surface area contributed by atoms with E-state index in [0.717, 1.165) is 32.7 Å². The van der Waals surface area contributed by atoms with Crippen molar-refractivity contribution < 1.29 is 9.84 Å². The third-order valence-electron chi connectivity index (χ3n) is 1.87. The van der Waals surface area contributed by atoms with E-state index in [1.54, 1.807) is 7.11 Å². The van der Waals surface area contributed by atoms with Crippen LogP contribution in [0, 0.1) is 5.92 Å². The SMILES string of the molecule is COCCN(CCCO)CC(C)C. The van der Waals surface area contributed by atoms with Crippen molar-refractivity contribution in [3.05, 3.63) is 0 Å². The van der Waals surface area contributed by atoms with Crippen molar-refractivity contribution in [1.29, 1.82) is 0 Å². The van der Waals surface area contributed by atoms with Gasteiger partial charge in [0.2, 0.25) is 0 Å². The molecule has 0 atom stereocenters. The van der Waals surface area contributed by atoms with Gasteiger partial charge in [-0.3, -0.25) is 0 Å². The Labute approximate surface area is 81.7 Å². The highest BCUT2D eigenvalue weighted by Gasteiger charge is 2.05. The lowest BCUT2D eigenvalue weighted by Gasteiger charge is -2.23. The van der Waals surface area contributed by atoms with Crippen LogP contribution in [0.25, 0.3) is 0 Å². The number of methoxy groups -OCH3 is 1. The molecule has 3 nitrogen and oxygen atoms in total. The van der Waals surface area contributed by atoms with E-state index in [4.69, 9.17) is 9.84 Å². The summed E-state index contributed by atoms with van der Waals surface area (Å²) in [5.41, 5.74) is 0. The summed E-state index contributed by atoms with van der Waals surface area (Å²) in [4.78, 5) is 2.34. The van der Waals surface area contributed by atoms with Gasteiger partial charge in [0.15, 0.2) is 0 Å². The van der Waals surface area contributed by atoms with Crippen LogP contribution in [-0.4, -0.2) is 50.0 Å². The van der Waals surface area contributed by atoms with Crippen molar-refractivity contribution in [2.24, 2.45) is 5.92 Å². The minimum Gasteiger partial charge on any atom is -0.396 e. The number of nitrogens with zero attached hydrogens (tertiary/aromatic N) is 1. The zero-order valence-electron chi connectivity index (χ0n) is 9.12. The Bertz CT molecular complexity index is 99.1. The molecule has 13 heavy (non-hydrogen) atoms. The first-order valence-corrected chi connectivity index (χ1v) is 5.02. The van der Waals surface area contributed by atoms with Crippen LogP contribution < -0.4 is 0 Å². The second-order valence-electron chi connectivity index (χ2n) is 3.76. The summed E-state index contributed by atoms with van der Waals surface area (Å²) in [5.74, 6) is 0.676. The molecular weight excluding hydrogens is 166 g/mol. The average Bonchev–Trinajstić information content (AvgIpc) is 2.09. The van der Waals surface area contributed by atoms with Crippen LogP contribution in [0.5, 0.6) is 0 Å². The third-order valence-corrected chi connectivity index (χ3v) is 1.87. The molecule has 3 heteroatoms. The second kappa shape index (κ2) is 8.48. The van der Waals surface area contributed by atoms with Gasteiger partial charge in [0, 0.05) is 33.4 Å². The first kappa shape index (κ1) is 12.9. The topological polar surface area (TPSA) is 32.7 Å². The smallest absolute Gasteiger partial charge is 0.0589 e. The Morgan fingerprint density at radius 2 is 2.00 bits per heavy atom. The van der Waals surface area contributed by atoms with Gasteiger partial charge < -0.3 is 14.7 Å². The molecule has 0 saturated heterocycles. The van der Waals surface area contributed by atoms with Crippen LogP contribution in [0.2, 0.25) is 0 Å². The lowest BCUT2D eigenvalue weighted by Crippen LogP contribution is -2.32. The lowest BCUT2D eigenvalue weighted by molar-refractivity contribution is 0.133. The van der Waals surface area contributed by atoms with Crippen molar-refractivity contribution in [3.63, 3.8) is 0 Å². The number of ether oxygens (including phenoxy) is 1. The van der Waals surface area contributed by atoms with E-state index in [9.17, 15) is 0 Å². The van der Waals surface area contributed by atoms with Gasteiger partial charge in [-0.05, 0) is 12.3 Å². The van der Waals surface area contributed by atoms with E-state index >= 15 is 0 Å². The van der Waals surface area contributed by atoms with Crippen molar-refractivity contribution >= 4 is 0 Å². The van der Waals surface area contributed by atoms with Crippen LogP contribution in [0.4, 0.5) is 0 Å². The number of hydrogen-bond donors (Lipinski definition) is 1. The summed E-state index contributed by atoms with van der Waals surface area (Å²) < 4.78 is 5.03. The fourth-order valence-electron chi connectivity index (χ4n) is 1.33. The summed E-state index contributed by atoms with van der Waals surface area (Å²) >= 11 is 0. The van der Waals surface area contributed by atoms with E-state index in [1.807, 2.05) is 0 Å². The van der Waals surface area contributed by atoms with E-state index in [1.165, 1.54) is 0 Å². The molecule has 0 bridgehead atoms. The maximum Gasteiger partial charge on any atom is 0.0589 e. The largest absolute Gasteiger partial charge is 0.396 e. The van der Waals surface area contributed by atoms with E-state index in [0.29, 0.717) is 5.92 Å². The van der Waals surface area contributed by atoms with Crippen LogP contribution in [0.1, 0.15) is 20.3 Å². The standard InChI is InChI=1S/C10H23NO2/c1-10(2)9-11(5-4-7-12)6-8-13-3/h10,12H,4-9H2,1-3H3. The molecule has 0 aromatic carbocycles. The Balaban J connectivity index is 3.60. The molecule has 0 rings (SSSR count). The molecule has 0 aliphatic rings. The highest BCUT2D eigenvalue weighted by Crippen LogP contribution is 1.99. The number of rotatable bonds is 8. The summed E-state index contributed by atoms with van der Waals surface area (Å²) in [6.07, 6.45) is 0.858. The van der Waals surface area contributed by atoms with Crippen molar-refractivity contribution in [3.8, 4) is 0 Å². The van der Waals surface area contributed by atoms with Crippen LogP contribution >= 0.6 is 0 Å². The van der Waals surface area contributed by atoms with Gasteiger partial charge >= 0.3 is 0 Å². The Kier molecular flexibility index (Phi) is 8.40. The monoisotopic (exact) mass is 189 g/mol. The van der Waals surface area contributed by atoms with Gasteiger partial charge in [0.05, 0.1) is 6.61 Å². The van der Waals surface area contributed by atoms with Crippen LogP contribution in [0.3, 0.4) is 0 Å². The maximum atomic E-state index is 8.72. The Morgan fingerprint density at radius 1 is 1.31 bits per heavy atom. The van der Waals surface area contributed by atoms with Gasteiger partial charge in [-0.15, -0.1) is 0 Å². The zero-order valence-corrected chi connectivity index (χ0v) is 9.12. The normalized spacial score (nSPS) is 11.5. The average molecular weight is 189 g/mol. The molecule has 0 amide bonds. The minimum absolute atomic E-state index is 0.279. The minimum atomic E-state index is 0.279. The summed E-state index contributed by atoms with van der Waals surface area (Å²) in [7, 11) is 1.72. The van der Waals surface area contributed by atoms with Crippen molar-refractivity contribution in [2.75, 3.05) is 40.0 Å². The molecule has 0 aromatic heterocycles. The van der Waals surface area contributed by atoms with Crippen molar-refractivity contribution in [2.45, 2.75) is 20.3 Å². The second-order valence-corrected chi connectivity index (χ2v) is 3.76. The number of aliphatic hydroxyl groups excluding tert-OH is 1. The molecule has 0 spiro atoms. The summed E-state index contributed by atoms with van der Waals surface area (Å²) in [5, 5.41) is 8.72. The summed E-state index contributed by atoms with van der Waals surface area (Å²) in [6, 6.07) is 0. The highest BCUT2D eigenvalue weighted by molar-refractivity contribution is 4.59. The molecule has 0 saturated carbocycles. The van der Waals surface area contributed by atoms with E-state index < -0.39 is 0 Å². The molecule has 0 fully saturated rings. The van der Waals surface area contributed by atoms with Gasteiger partial charge in [0.25, 0.3) is 0 Å². The fraction of sp³-hybridized carbons (Fsp3) is 1.00. The molecule has 0 aliphatic heterocycles. The predicted octanol–water partition coefficient (Wildman–Crippen LogP) is 0.973. The maximum absolute atomic E-state index is 8.72. The Hall–Kier alpha value is -0.120. The third kappa shape index (κ3) is 8.22. The molecular formula is C10H23NO2. The Morgan fingerprint density at radius 3 is 2.46 bits per heavy atom. The molecule has 0 unspecified atom stereocenters. The fourth-order valence-corrected chi connectivity index (χ4v) is 1.33.